The number of nitrogens with zero attached hydrogens (tertiary/aromatic N) is 1. The van der Waals surface area contributed by atoms with E-state index in [4.69, 9.17) is 0 Å². The number of rotatable bonds is 5. The van der Waals surface area contributed by atoms with Gasteiger partial charge in [-0.15, -0.1) is 0 Å². The van der Waals surface area contributed by atoms with E-state index in [9.17, 15) is 4.79 Å². The first kappa shape index (κ1) is 9.00. The van der Waals surface area contributed by atoms with Crippen LogP contribution in [0, 0.1) is 0 Å². The predicted molar refractivity (Wildman–Crippen MR) is 51.4 cm³/mol. The fraction of sp³-hybridized carbons (Fsp3) is 0.900. The zero-order chi connectivity index (χ0) is 9.26. The molecule has 0 unspecified atom stereocenters. The van der Waals surface area contributed by atoms with Crippen molar-refractivity contribution in [1.29, 1.82) is 0 Å². The van der Waals surface area contributed by atoms with E-state index in [0.29, 0.717) is 18.6 Å². The highest BCUT2D eigenvalue weighted by Gasteiger charge is 2.31. The fourth-order valence-electron chi connectivity index (χ4n) is 1.65. The third-order valence-electron chi connectivity index (χ3n) is 2.77. The SMILES string of the molecule is CCN(C(=O)CNC1CC1)C1CC1. The molecular formula is C10H18N2O. The Morgan fingerprint density at radius 2 is 2.08 bits per heavy atom. The van der Waals surface area contributed by atoms with Crippen molar-refractivity contribution in [1.82, 2.24) is 10.2 Å². The van der Waals surface area contributed by atoms with E-state index in [2.05, 4.69) is 12.2 Å². The fourth-order valence-corrected chi connectivity index (χ4v) is 1.65. The van der Waals surface area contributed by atoms with E-state index in [1.54, 1.807) is 0 Å². The lowest BCUT2D eigenvalue weighted by molar-refractivity contribution is -0.130. The summed E-state index contributed by atoms with van der Waals surface area (Å²) in [6.07, 6.45) is 4.93. The minimum Gasteiger partial charge on any atom is -0.339 e. The molecule has 1 N–H and O–H groups in total. The van der Waals surface area contributed by atoms with Gasteiger partial charge in [-0.1, -0.05) is 0 Å². The Labute approximate surface area is 79.5 Å². The molecule has 0 saturated heterocycles. The first-order valence-corrected chi connectivity index (χ1v) is 5.34. The molecule has 2 rings (SSSR count). The summed E-state index contributed by atoms with van der Waals surface area (Å²) in [6.45, 7) is 3.48. The van der Waals surface area contributed by atoms with E-state index >= 15 is 0 Å². The maximum Gasteiger partial charge on any atom is 0.236 e. The van der Waals surface area contributed by atoms with Crippen LogP contribution < -0.4 is 5.32 Å². The molecule has 3 nitrogen and oxygen atoms in total. The van der Waals surface area contributed by atoms with Gasteiger partial charge >= 0.3 is 0 Å². The van der Waals surface area contributed by atoms with Gasteiger partial charge in [-0.05, 0) is 32.6 Å². The van der Waals surface area contributed by atoms with Crippen LogP contribution in [0.15, 0.2) is 0 Å². The highest BCUT2D eigenvalue weighted by Crippen LogP contribution is 2.26. The van der Waals surface area contributed by atoms with Gasteiger partial charge in [-0.2, -0.15) is 0 Å². The summed E-state index contributed by atoms with van der Waals surface area (Å²) in [6, 6.07) is 1.21. The second-order valence-corrected chi connectivity index (χ2v) is 4.07. The quantitative estimate of drug-likeness (QED) is 0.680. The van der Waals surface area contributed by atoms with Crippen molar-refractivity contribution in [3.63, 3.8) is 0 Å². The summed E-state index contributed by atoms with van der Waals surface area (Å²) >= 11 is 0. The minimum atomic E-state index is 0.289. The van der Waals surface area contributed by atoms with Gasteiger partial charge in [0.1, 0.15) is 0 Å². The molecule has 0 spiro atoms. The largest absolute Gasteiger partial charge is 0.339 e. The average Bonchev–Trinajstić information content (AvgIpc) is 2.97. The highest BCUT2D eigenvalue weighted by molar-refractivity contribution is 5.79. The van der Waals surface area contributed by atoms with Crippen molar-refractivity contribution in [2.24, 2.45) is 0 Å². The molecule has 0 aromatic rings. The van der Waals surface area contributed by atoms with Crippen molar-refractivity contribution >= 4 is 5.91 Å². The van der Waals surface area contributed by atoms with E-state index in [1.807, 2.05) is 4.90 Å². The number of carbonyl (C=O) groups excluding carboxylic acids is 1. The van der Waals surface area contributed by atoms with Crippen molar-refractivity contribution in [3.05, 3.63) is 0 Å². The van der Waals surface area contributed by atoms with Crippen molar-refractivity contribution < 1.29 is 4.79 Å². The molecule has 2 aliphatic carbocycles. The molecule has 0 aromatic carbocycles. The molecule has 2 saturated carbocycles. The van der Waals surface area contributed by atoms with Crippen LogP contribution >= 0.6 is 0 Å². The van der Waals surface area contributed by atoms with Gasteiger partial charge in [0.05, 0.1) is 6.54 Å². The zero-order valence-electron chi connectivity index (χ0n) is 8.25. The predicted octanol–water partition coefficient (Wildman–Crippen LogP) is 0.749. The third kappa shape index (κ3) is 2.44. The first-order chi connectivity index (χ1) is 6.31. The van der Waals surface area contributed by atoms with Crippen molar-refractivity contribution in [3.8, 4) is 0 Å². The molecular weight excluding hydrogens is 164 g/mol. The van der Waals surface area contributed by atoms with E-state index in [-0.39, 0.29) is 5.91 Å². The Bertz CT molecular complexity index is 197. The Morgan fingerprint density at radius 1 is 1.38 bits per heavy atom. The summed E-state index contributed by atoms with van der Waals surface area (Å²) in [5.74, 6) is 0.289. The second kappa shape index (κ2) is 3.66. The number of likely N-dealkylation sites (N-methyl/N-ethyl adjacent to an activating group) is 1. The Balaban J connectivity index is 1.72. The first-order valence-electron chi connectivity index (χ1n) is 5.34. The van der Waals surface area contributed by atoms with Gasteiger partial charge in [0.2, 0.25) is 5.91 Å². The van der Waals surface area contributed by atoms with Gasteiger partial charge in [0.15, 0.2) is 0 Å². The molecule has 3 heteroatoms. The number of amides is 1. The minimum absolute atomic E-state index is 0.289. The number of carbonyl (C=O) groups is 1. The second-order valence-electron chi connectivity index (χ2n) is 4.07. The van der Waals surface area contributed by atoms with Crippen LogP contribution in [-0.2, 0) is 4.79 Å². The molecule has 0 radical (unpaired) electrons. The summed E-state index contributed by atoms with van der Waals surface area (Å²) in [5, 5.41) is 3.26. The van der Waals surface area contributed by atoms with Crippen LogP contribution in [0.2, 0.25) is 0 Å². The molecule has 2 aliphatic rings. The molecule has 13 heavy (non-hydrogen) atoms. The molecule has 0 aromatic heterocycles. The summed E-state index contributed by atoms with van der Waals surface area (Å²) in [7, 11) is 0. The van der Waals surface area contributed by atoms with E-state index in [1.165, 1.54) is 25.7 Å². The monoisotopic (exact) mass is 182 g/mol. The highest BCUT2D eigenvalue weighted by atomic mass is 16.2. The average molecular weight is 182 g/mol. The third-order valence-corrected chi connectivity index (χ3v) is 2.77. The van der Waals surface area contributed by atoms with E-state index < -0.39 is 0 Å². The normalized spacial score (nSPS) is 21.6. The number of hydrogen-bond acceptors (Lipinski definition) is 2. The molecule has 0 aliphatic heterocycles. The Hall–Kier alpha value is -0.570. The number of hydrogen-bond donors (Lipinski definition) is 1. The van der Waals surface area contributed by atoms with Gasteiger partial charge < -0.3 is 10.2 Å². The summed E-state index contributed by atoms with van der Waals surface area (Å²) < 4.78 is 0. The maximum absolute atomic E-state index is 11.7. The maximum atomic E-state index is 11.7. The summed E-state index contributed by atoms with van der Waals surface area (Å²) in [5.41, 5.74) is 0. The van der Waals surface area contributed by atoms with Crippen LogP contribution in [0.5, 0.6) is 0 Å². The lowest BCUT2D eigenvalue weighted by Crippen LogP contribution is -2.40. The van der Waals surface area contributed by atoms with Gasteiger partial charge in [0, 0.05) is 18.6 Å². The van der Waals surface area contributed by atoms with Gasteiger partial charge in [0.25, 0.3) is 0 Å². The smallest absolute Gasteiger partial charge is 0.236 e. The van der Waals surface area contributed by atoms with Crippen LogP contribution in [-0.4, -0.2) is 36.0 Å². The molecule has 0 atom stereocenters. The van der Waals surface area contributed by atoms with Crippen LogP contribution in [0.25, 0.3) is 0 Å². The molecule has 74 valence electrons. The molecule has 1 amide bonds. The zero-order valence-corrected chi connectivity index (χ0v) is 8.25. The molecule has 2 fully saturated rings. The topological polar surface area (TPSA) is 32.3 Å². The summed E-state index contributed by atoms with van der Waals surface area (Å²) in [4.78, 5) is 13.7. The Kier molecular flexibility index (Phi) is 2.54. The lowest BCUT2D eigenvalue weighted by atomic mass is 10.4. The van der Waals surface area contributed by atoms with Gasteiger partial charge in [-0.3, -0.25) is 4.79 Å². The lowest BCUT2D eigenvalue weighted by Gasteiger charge is -2.20. The molecule has 0 heterocycles. The standard InChI is InChI=1S/C10H18N2O/c1-2-12(9-5-6-9)10(13)7-11-8-3-4-8/h8-9,11H,2-7H2,1H3. The van der Waals surface area contributed by atoms with E-state index in [0.717, 1.165) is 6.54 Å². The number of nitrogens with one attached hydrogen (secondary N) is 1. The van der Waals surface area contributed by atoms with Crippen molar-refractivity contribution in [2.45, 2.75) is 44.7 Å². The van der Waals surface area contributed by atoms with Crippen LogP contribution in [0.4, 0.5) is 0 Å². The van der Waals surface area contributed by atoms with Crippen molar-refractivity contribution in [2.75, 3.05) is 13.1 Å². The van der Waals surface area contributed by atoms with Gasteiger partial charge in [-0.25, -0.2) is 0 Å². The van der Waals surface area contributed by atoms with Crippen LogP contribution in [0.3, 0.4) is 0 Å². The van der Waals surface area contributed by atoms with Crippen LogP contribution in [0.1, 0.15) is 32.6 Å². The Morgan fingerprint density at radius 3 is 2.54 bits per heavy atom. The molecule has 0 bridgehead atoms.